The lowest BCUT2D eigenvalue weighted by Gasteiger charge is -2.17. The Morgan fingerprint density at radius 2 is 2.38 bits per heavy atom. The number of thiophene rings is 1. The molecule has 7 heteroatoms. The molecule has 0 fully saturated rings. The number of hydrogen-bond donors (Lipinski definition) is 3. The summed E-state index contributed by atoms with van der Waals surface area (Å²) >= 11 is 1.50. The molecule has 6 nitrogen and oxygen atoms in total. The largest absolute Gasteiger partial charge is 0.467 e. The first-order valence-electron chi connectivity index (χ1n) is 6.47. The second kappa shape index (κ2) is 7.82. The molecule has 0 aromatic carbocycles. The van der Waals surface area contributed by atoms with Gasteiger partial charge in [0, 0.05) is 13.7 Å². The van der Waals surface area contributed by atoms with Crippen LogP contribution in [0.1, 0.15) is 23.5 Å². The summed E-state index contributed by atoms with van der Waals surface area (Å²) < 4.78 is 10.3. The van der Waals surface area contributed by atoms with E-state index >= 15 is 0 Å². The van der Waals surface area contributed by atoms with Crippen LogP contribution in [0.15, 0.2) is 39.6 Å². The van der Waals surface area contributed by atoms with Crippen LogP contribution in [0.4, 0.5) is 4.79 Å². The van der Waals surface area contributed by atoms with Crippen LogP contribution in [0.3, 0.4) is 0 Å². The highest BCUT2D eigenvalue weighted by molar-refractivity contribution is 7.07. The maximum absolute atomic E-state index is 11.9. The molecule has 2 rings (SSSR count). The fourth-order valence-corrected chi connectivity index (χ4v) is 2.54. The fraction of sp³-hybridized carbons (Fsp3) is 0.357. The van der Waals surface area contributed by atoms with Crippen LogP contribution < -0.4 is 10.6 Å². The molecule has 2 amide bonds. The van der Waals surface area contributed by atoms with Crippen LogP contribution in [0.2, 0.25) is 0 Å². The monoisotopic (exact) mass is 310 g/mol. The summed E-state index contributed by atoms with van der Waals surface area (Å²) in [4.78, 5) is 11.9. The Morgan fingerprint density at radius 1 is 1.52 bits per heavy atom. The number of urea groups is 1. The van der Waals surface area contributed by atoms with E-state index in [0.29, 0.717) is 12.4 Å². The van der Waals surface area contributed by atoms with Gasteiger partial charge < -0.3 is 24.9 Å². The minimum Gasteiger partial charge on any atom is -0.467 e. The first-order valence-corrected chi connectivity index (χ1v) is 7.42. The summed E-state index contributed by atoms with van der Waals surface area (Å²) in [7, 11) is 1.55. The third-order valence-electron chi connectivity index (χ3n) is 2.91. The first-order chi connectivity index (χ1) is 10.2. The molecule has 21 heavy (non-hydrogen) atoms. The van der Waals surface area contributed by atoms with Crippen molar-refractivity contribution in [2.75, 3.05) is 20.3 Å². The van der Waals surface area contributed by atoms with Gasteiger partial charge in [0.25, 0.3) is 0 Å². The number of amides is 2. The molecule has 0 aliphatic rings. The third-order valence-corrected chi connectivity index (χ3v) is 3.61. The van der Waals surface area contributed by atoms with Gasteiger partial charge in [-0.25, -0.2) is 4.79 Å². The molecule has 0 aliphatic carbocycles. The van der Waals surface area contributed by atoms with Crippen LogP contribution in [-0.2, 0) is 4.74 Å². The smallest absolute Gasteiger partial charge is 0.315 e. The lowest BCUT2D eigenvalue weighted by atomic mass is 10.2. The molecule has 2 aromatic heterocycles. The highest BCUT2D eigenvalue weighted by Crippen LogP contribution is 2.16. The van der Waals surface area contributed by atoms with Gasteiger partial charge >= 0.3 is 6.03 Å². The van der Waals surface area contributed by atoms with E-state index in [1.807, 2.05) is 16.8 Å². The number of aliphatic hydroxyl groups is 1. The molecule has 2 aromatic rings. The van der Waals surface area contributed by atoms with Crippen molar-refractivity contribution >= 4 is 17.4 Å². The summed E-state index contributed by atoms with van der Waals surface area (Å²) in [5, 5.41) is 19.0. The number of ether oxygens (including phenoxy) is 1. The minimum atomic E-state index is -0.716. The average molecular weight is 310 g/mol. The van der Waals surface area contributed by atoms with Crippen molar-refractivity contribution in [1.29, 1.82) is 0 Å². The van der Waals surface area contributed by atoms with Gasteiger partial charge in [-0.05, 0) is 34.5 Å². The van der Waals surface area contributed by atoms with Crippen LogP contribution in [-0.4, -0.2) is 31.4 Å². The van der Waals surface area contributed by atoms with Crippen molar-refractivity contribution in [3.8, 4) is 0 Å². The lowest BCUT2D eigenvalue weighted by Crippen LogP contribution is -2.41. The molecule has 3 N–H and O–H groups in total. The van der Waals surface area contributed by atoms with Crippen LogP contribution in [0.5, 0.6) is 0 Å². The van der Waals surface area contributed by atoms with Crippen molar-refractivity contribution in [2.24, 2.45) is 0 Å². The zero-order valence-electron chi connectivity index (χ0n) is 11.6. The number of rotatable bonds is 7. The van der Waals surface area contributed by atoms with Gasteiger partial charge in [0.05, 0.1) is 19.0 Å². The van der Waals surface area contributed by atoms with E-state index in [9.17, 15) is 9.90 Å². The normalized spacial score (nSPS) is 13.6. The number of furan rings is 1. The van der Waals surface area contributed by atoms with Crippen molar-refractivity contribution in [3.05, 3.63) is 46.5 Å². The number of hydrogen-bond acceptors (Lipinski definition) is 5. The first kappa shape index (κ1) is 15.6. The Labute approximate surface area is 126 Å². The summed E-state index contributed by atoms with van der Waals surface area (Å²) in [5.74, 6) is 0.616. The predicted molar refractivity (Wildman–Crippen MR) is 79.1 cm³/mol. The van der Waals surface area contributed by atoms with E-state index in [0.717, 1.165) is 5.56 Å². The van der Waals surface area contributed by atoms with Crippen LogP contribution >= 0.6 is 11.3 Å². The van der Waals surface area contributed by atoms with E-state index in [1.165, 1.54) is 17.6 Å². The standard InChI is InChI=1S/C14H18N2O4S/c1-19-8-11(13-3-2-5-20-13)16-14(18)15-7-12(17)10-4-6-21-9-10/h2-6,9,11-12,17H,7-8H2,1H3,(H2,15,16,18). The molecule has 0 saturated heterocycles. The maximum Gasteiger partial charge on any atom is 0.315 e. The SMILES string of the molecule is COCC(NC(=O)NCC(O)c1ccsc1)c1ccco1. The molecule has 2 atom stereocenters. The molecule has 0 saturated carbocycles. The van der Waals surface area contributed by atoms with Gasteiger partial charge in [-0.1, -0.05) is 0 Å². The zero-order valence-corrected chi connectivity index (χ0v) is 12.4. The predicted octanol–water partition coefficient (Wildman–Crippen LogP) is 2.06. The number of aliphatic hydroxyl groups excluding tert-OH is 1. The fourth-order valence-electron chi connectivity index (χ4n) is 1.83. The van der Waals surface area contributed by atoms with Crippen molar-refractivity contribution in [3.63, 3.8) is 0 Å². The average Bonchev–Trinajstić information content (AvgIpc) is 3.16. The van der Waals surface area contributed by atoms with Gasteiger partial charge in [-0.2, -0.15) is 11.3 Å². The molecule has 0 bridgehead atoms. The summed E-state index contributed by atoms with van der Waals surface area (Å²) in [5.41, 5.74) is 0.791. The topological polar surface area (TPSA) is 83.7 Å². The number of nitrogens with one attached hydrogen (secondary N) is 2. The van der Waals surface area contributed by atoms with Crippen LogP contribution in [0, 0.1) is 0 Å². The molecule has 0 radical (unpaired) electrons. The number of carbonyl (C=O) groups excluding carboxylic acids is 1. The Morgan fingerprint density at radius 3 is 3.00 bits per heavy atom. The molecular formula is C14H18N2O4S. The van der Waals surface area contributed by atoms with Crippen molar-refractivity contribution in [2.45, 2.75) is 12.1 Å². The van der Waals surface area contributed by atoms with E-state index < -0.39 is 6.10 Å². The molecular weight excluding hydrogens is 292 g/mol. The second-order valence-electron chi connectivity index (χ2n) is 4.45. The number of carbonyl (C=O) groups is 1. The zero-order chi connectivity index (χ0) is 15.1. The van der Waals surface area contributed by atoms with Gasteiger partial charge in [-0.15, -0.1) is 0 Å². The van der Waals surface area contributed by atoms with Crippen molar-refractivity contribution in [1.82, 2.24) is 10.6 Å². The highest BCUT2D eigenvalue weighted by atomic mass is 32.1. The summed E-state index contributed by atoms with van der Waals surface area (Å²) in [6.07, 6.45) is 0.823. The number of methoxy groups -OCH3 is 1. The van der Waals surface area contributed by atoms with Gasteiger partial charge in [-0.3, -0.25) is 0 Å². The maximum atomic E-state index is 11.9. The lowest BCUT2D eigenvalue weighted by molar-refractivity contribution is 0.152. The Bertz CT molecular complexity index is 527. The molecule has 2 unspecified atom stereocenters. The Balaban J connectivity index is 1.82. The summed E-state index contributed by atoms with van der Waals surface area (Å²) in [6.45, 7) is 0.439. The molecule has 0 aliphatic heterocycles. The van der Waals surface area contributed by atoms with Gasteiger partial charge in [0.2, 0.25) is 0 Å². The quantitative estimate of drug-likeness (QED) is 0.731. The van der Waals surface area contributed by atoms with Crippen LogP contribution in [0.25, 0.3) is 0 Å². The highest BCUT2D eigenvalue weighted by Gasteiger charge is 2.17. The van der Waals surface area contributed by atoms with E-state index in [2.05, 4.69) is 10.6 Å². The van der Waals surface area contributed by atoms with E-state index in [4.69, 9.17) is 9.15 Å². The Hall–Kier alpha value is -1.83. The second-order valence-corrected chi connectivity index (χ2v) is 5.23. The van der Waals surface area contributed by atoms with E-state index in [1.54, 1.807) is 19.2 Å². The molecule has 2 heterocycles. The van der Waals surface area contributed by atoms with Gasteiger partial charge in [0.1, 0.15) is 11.8 Å². The van der Waals surface area contributed by atoms with E-state index in [-0.39, 0.29) is 18.6 Å². The third kappa shape index (κ3) is 4.59. The summed E-state index contributed by atoms with van der Waals surface area (Å²) in [6, 6.07) is 4.58. The molecule has 0 spiro atoms. The Kier molecular flexibility index (Phi) is 5.79. The van der Waals surface area contributed by atoms with Gasteiger partial charge in [0.15, 0.2) is 0 Å². The minimum absolute atomic E-state index is 0.139. The molecule has 114 valence electrons. The van der Waals surface area contributed by atoms with Crippen molar-refractivity contribution < 1.29 is 19.1 Å².